The molecule has 0 amide bonds. The van der Waals surface area contributed by atoms with Crippen molar-refractivity contribution in [3.8, 4) is 5.75 Å². The van der Waals surface area contributed by atoms with E-state index in [1.807, 2.05) is 0 Å². The molecule has 0 aliphatic rings. The molecule has 0 saturated carbocycles. The third kappa shape index (κ3) is 4.20. The van der Waals surface area contributed by atoms with Gasteiger partial charge in [-0.05, 0) is 30.5 Å². The van der Waals surface area contributed by atoms with Gasteiger partial charge >= 0.3 is 11.9 Å². The third-order valence-corrected chi connectivity index (χ3v) is 3.96. The Morgan fingerprint density at radius 3 is 2.62 bits per heavy atom. The van der Waals surface area contributed by atoms with Crippen molar-refractivity contribution in [3.63, 3.8) is 0 Å². The highest BCUT2D eigenvalue weighted by molar-refractivity contribution is 6.31. The standard InChI is InChI=1S/C17H20ClNO5/c1-2-3-4-7-24-13-9-10(18)8-12-15(13)11(5-6-14(20)21)16(19-12)17(22)23/h8-9,19H,2-7H2,1H3,(H,20,21)(H,22,23). The monoisotopic (exact) mass is 353 g/mol. The van der Waals surface area contributed by atoms with Crippen LogP contribution in [0.25, 0.3) is 10.9 Å². The van der Waals surface area contributed by atoms with Crippen LogP contribution in [0.4, 0.5) is 0 Å². The van der Waals surface area contributed by atoms with Crippen molar-refractivity contribution < 1.29 is 24.5 Å². The van der Waals surface area contributed by atoms with Gasteiger partial charge in [-0.3, -0.25) is 4.79 Å². The summed E-state index contributed by atoms with van der Waals surface area (Å²) in [6, 6.07) is 3.26. The molecule has 0 saturated heterocycles. The summed E-state index contributed by atoms with van der Waals surface area (Å²) in [6.45, 7) is 2.59. The number of ether oxygens (including phenoxy) is 1. The van der Waals surface area contributed by atoms with Gasteiger partial charge < -0.3 is 19.9 Å². The van der Waals surface area contributed by atoms with Crippen LogP contribution in [0.3, 0.4) is 0 Å². The van der Waals surface area contributed by atoms with Crippen LogP contribution in [-0.2, 0) is 11.2 Å². The molecule has 24 heavy (non-hydrogen) atoms. The minimum Gasteiger partial charge on any atom is -0.493 e. The van der Waals surface area contributed by atoms with Crippen molar-refractivity contribution >= 4 is 34.4 Å². The Balaban J connectivity index is 2.46. The highest BCUT2D eigenvalue weighted by atomic mass is 35.5. The van der Waals surface area contributed by atoms with E-state index in [1.54, 1.807) is 12.1 Å². The first-order valence-electron chi connectivity index (χ1n) is 7.86. The van der Waals surface area contributed by atoms with Gasteiger partial charge in [-0.25, -0.2) is 4.79 Å². The average Bonchev–Trinajstić information content (AvgIpc) is 2.88. The predicted octanol–water partition coefficient (Wildman–Crippen LogP) is 4.11. The van der Waals surface area contributed by atoms with Gasteiger partial charge in [-0.15, -0.1) is 0 Å². The molecule has 2 rings (SSSR count). The van der Waals surface area contributed by atoms with Crippen LogP contribution in [0, 0.1) is 0 Å². The van der Waals surface area contributed by atoms with Crippen molar-refractivity contribution in [2.45, 2.75) is 39.0 Å². The topological polar surface area (TPSA) is 99.6 Å². The number of carboxylic acid groups (broad SMARTS) is 2. The number of benzene rings is 1. The smallest absolute Gasteiger partial charge is 0.352 e. The average molecular weight is 354 g/mol. The zero-order valence-electron chi connectivity index (χ0n) is 13.4. The van der Waals surface area contributed by atoms with E-state index in [4.69, 9.17) is 21.4 Å². The fourth-order valence-electron chi connectivity index (χ4n) is 2.64. The van der Waals surface area contributed by atoms with Gasteiger partial charge in [0.25, 0.3) is 0 Å². The van der Waals surface area contributed by atoms with Crippen LogP contribution in [0.1, 0.15) is 48.7 Å². The predicted molar refractivity (Wildman–Crippen MR) is 91.2 cm³/mol. The lowest BCUT2D eigenvalue weighted by atomic mass is 10.0. The van der Waals surface area contributed by atoms with E-state index in [0.717, 1.165) is 19.3 Å². The molecule has 0 radical (unpaired) electrons. The summed E-state index contributed by atoms with van der Waals surface area (Å²) in [5.74, 6) is -1.64. The van der Waals surface area contributed by atoms with Crippen molar-refractivity contribution in [3.05, 3.63) is 28.4 Å². The molecule has 0 atom stereocenters. The van der Waals surface area contributed by atoms with Crippen molar-refractivity contribution in [2.75, 3.05) is 6.61 Å². The van der Waals surface area contributed by atoms with Crippen molar-refractivity contribution in [1.82, 2.24) is 4.98 Å². The van der Waals surface area contributed by atoms with E-state index >= 15 is 0 Å². The summed E-state index contributed by atoms with van der Waals surface area (Å²) < 4.78 is 5.80. The summed E-state index contributed by atoms with van der Waals surface area (Å²) in [4.78, 5) is 25.2. The van der Waals surface area contributed by atoms with Crippen molar-refractivity contribution in [1.29, 1.82) is 0 Å². The zero-order valence-corrected chi connectivity index (χ0v) is 14.2. The minimum absolute atomic E-state index is 0.0214. The first kappa shape index (κ1) is 18.1. The zero-order chi connectivity index (χ0) is 17.7. The summed E-state index contributed by atoms with van der Waals surface area (Å²) in [6.07, 6.45) is 2.91. The molecule has 1 aromatic heterocycles. The second kappa shape index (κ2) is 8.06. The summed E-state index contributed by atoms with van der Waals surface area (Å²) in [5.41, 5.74) is 0.944. The number of unbranched alkanes of at least 4 members (excludes halogenated alkanes) is 2. The Labute approximate surface area is 144 Å². The van der Waals surface area contributed by atoms with Crippen LogP contribution < -0.4 is 4.74 Å². The molecule has 3 N–H and O–H groups in total. The highest BCUT2D eigenvalue weighted by Crippen LogP contribution is 2.35. The maximum Gasteiger partial charge on any atom is 0.352 e. The van der Waals surface area contributed by atoms with Gasteiger partial charge in [-0.2, -0.15) is 0 Å². The lowest BCUT2D eigenvalue weighted by Crippen LogP contribution is -2.05. The van der Waals surface area contributed by atoms with E-state index in [0.29, 0.717) is 33.8 Å². The molecule has 0 spiro atoms. The van der Waals surface area contributed by atoms with Gasteiger partial charge in [0.05, 0.1) is 12.1 Å². The fraction of sp³-hybridized carbons (Fsp3) is 0.412. The van der Waals surface area contributed by atoms with Gasteiger partial charge in [0.1, 0.15) is 11.4 Å². The lowest BCUT2D eigenvalue weighted by Gasteiger charge is -2.10. The number of aryl methyl sites for hydroxylation is 1. The van der Waals surface area contributed by atoms with E-state index in [2.05, 4.69) is 11.9 Å². The molecule has 1 heterocycles. The third-order valence-electron chi connectivity index (χ3n) is 3.74. The number of rotatable bonds is 9. The number of aromatic carboxylic acids is 1. The van der Waals surface area contributed by atoms with E-state index < -0.39 is 11.9 Å². The number of halogens is 1. The number of aliphatic carboxylic acids is 1. The molecule has 0 fully saturated rings. The van der Waals surface area contributed by atoms with Crippen LogP contribution >= 0.6 is 11.6 Å². The van der Waals surface area contributed by atoms with Crippen LogP contribution in [0.15, 0.2) is 12.1 Å². The number of aromatic amines is 1. The first-order valence-corrected chi connectivity index (χ1v) is 8.23. The Morgan fingerprint density at radius 1 is 1.25 bits per heavy atom. The summed E-state index contributed by atoms with van der Waals surface area (Å²) in [7, 11) is 0. The molecule has 2 aromatic rings. The molecular formula is C17H20ClNO5. The van der Waals surface area contributed by atoms with Gasteiger partial charge in [0.15, 0.2) is 0 Å². The minimum atomic E-state index is -1.14. The lowest BCUT2D eigenvalue weighted by molar-refractivity contribution is -0.136. The molecule has 0 aliphatic carbocycles. The number of aromatic nitrogens is 1. The molecule has 130 valence electrons. The molecule has 7 heteroatoms. The van der Waals surface area contributed by atoms with Crippen LogP contribution in [0.5, 0.6) is 5.75 Å². The normalized spacial score (nSPS) is 10.9. The number of carboxylic acids is 2. The molecular weight excluding hydrogens is 334 g/mol. The van der Waals surface area contributed by atoms with Gasteiger partial charge in [0, 0.05) is 16.8 Å². The molecule has 1 aromatic carbocycles. The van der Waals surface area contributed by atoms with Crippen molar-refractivity contribution in [2.24, 2.45) is 0 Å². The fourth-order valence-corrected chi connectivity index (χ4v) is 2.85. The second-order valence-corrected chi connectivity index (χ2v) is 6.00. The molecule has 0 unspecified atom stereocenters. The molecule has 0 bridgehead atoms. The quantitative estimate of drug-likeness (QED) is 0.589. The van der Waals surface area contributed by atoms with Crippen LogP contribution in [-0.4, -0.2) is 33.7 Å². The Hall–Kier alpha value is -2.21. The summed E-state index contributed by atoms with van der Waals surface area (Å²) in [5, 5.41) is 19.3. The number of hydrogen-bond donors (Lipinski definition) is 3. The SMILES string of the molecule is CCCCCOc1cc(Cl)cc2[nH]c(C(=O)O)c(CCC(=O)O)c12. The van der Waals surface area contributed by atoms with E-state index in [1.165, 1.54) is 0 Å². The molecule has 6 nitrogen and oxygen atoms in total. The maximum absolute atomic E-state index is 11.5. The number of hydrogen-bond acceptors (Lipinski definition) is 3. The van der Waals surface area contributed by atoms with Gasteiger partial charge in [0.2, 0.25) is 0 Å². The summed E-state index contributed by atoms with van der Waals surface area (Å²) >= 11 is 6.09. The Kier molecular flexibility index (Phi) is 6.09. The van der Waals surface area contributed by atoms with Gasteiger partial charge in [-0.1, -0.05) is 31.4 Å². The number of H-pyrrole nitrogens is 1. The number of fused-ring (bicyclic) bond motifs is 1. The Morgan fingerprint density at radius 2 is 2.00 bits per heavy atom. The highest BCUT2D eigenvalue weighted by Gasteiger charge is 2.21. The van der Waals surface area contributed by atoms with E-state index in [-0.39, 0.29) is 18.5 Å². The number of nitrogens with one attached hydrogen (secondary N) is 1. The number of carbonyl (C=O) groups is 2. The second-order valence-electron chi connectivity index (χ2n) is 5.56. The molecule has 0 aliphatic heterocycles. The maximum atomic E-state index is 11.5. The Bertz CT molecular complexity index is 753. The van der Waals surface area contributed by atoms with E-state index in [9.17, 15) is 14.7 Å². The van der Waals surface area contributed by atoms with Crippen LogP contribution in [0.2, 0.25) is 5.02 Å². The largest absolute Gasteiger partial charge is 0.493 e. The first-order chi connectivity index (χ1) is 11.4.